The first-order valence-corrected chi connectivity index (χ1v) is 8.40. The van der Waals surface area contributed by atoms with Crippen LogP contribution in [0.2, 0.25) is 0 Å². The van der Waals surface area contributed by atoms with Crippen LogP contribution in [-0.2, 0) is 22.6 Å². The number of amides is 2. The number of carbonyl (C=O) groups excluding carboxylic acids is 2. The first kappa shape index (κ1) is 16.2. The fourth-order valence-corrected chi connectivity index (χ4v) is 3.03. The molecule has 24 heavy (non-hydrogen) atoms. The molecule has 2 aromatic rings. The summed E-state index contributed by atoms with van der Waals surface area (Å²) in [5.41, 5.74) is 3.05. The van der Waals surface area contributed by atoms with Crippen molar-refractivity contribution in [1.82, 2.24) is 4.90 Å². The maximum absolute atomic E-state index is 12.6. The second-order valence-electron chi connectivity index (χ2n) is 6.10. The van der Waals surface area contributed by atoms with Crippen LogP contribution in [0.1, 0.15) is 30.9 Å². The van der Waals surface area contributed by atoms with E-state index < -0.39 is 6.04 Å². The maximum atomic E-state index is 12.6. The monoisotopic (exact) mass is 322 g/mol. The van der Waals surface area contributed by atoms with Crippen molar-refractivity contribution in [1.29, 1.82) is 0 Å². The molecule has 1 fully saturated rings. The van der Waals surface area contributed by atoms with Gasteiger partial charge in [0.05, 0.1) is 0 Å². The van der Waals surface area contributed by atoms with Crippen molar-refractivity contribution in [3.8, 4) is 0 Å². The largest absolute Gasteiger partial charge is 0.326 e. The van der Waals surface area contributed by atoms with Crippen LogP contribution in [0.5, 0.6) is 0 Å². The van der Waals surface area contributed by atoms with Gasteiger partial charge in [-0.1, -0.05) is 49.4 Å². The van der Waals surface area contributed by atoms with Gasteiger partial charge in [0.25, 0.3) is 0 Å². The van der Waals surface area contributed by atoms with Crippen molar-refractivity contribution in [3.05, 3.63) is 65.7 Å². The Hall–Kier alpha value is -2.62. The molecular formula is C20H22N2O2. The lowest BCUT2D eigenvalue weighted by Gasteiger charge is -2.24. The van der Waals surface area contributed by atoms with E-state index in [1.165, 1.54) is 5.56 Å². The Labute approximate surface area is 142 Å². The average molecular weight is 322 g/mol. The quantitative estimate of drug-likeness (QED) is 0.917. The fraction of sp³-hybridized carbons (Fsp3) is 0.300. The molecule has 1 saturated heterocycles. The Morgan fingerprint density at radius 2 is 1.79 bits per heavy atom. The van der Waals surface area contributed by atoms with Crippen LogP contribution in [0.25, 0.3) is 0 Å². The van der Waals surface area contributed by atoms with Crippen LogP contribution in [-0.4, -0.2) is 22.8 Å². The van der Waals surface area contributed by atoms with Gasteiger partial charge in [0, 0.05) is 18.7 Å². The van der Waals surface area contributed by atoms with Gasteiger partial charge in [0.15, 0.2) is 0 Å². The first-order valence-electron chi connectivity index (χ1n) is 8.40. The molecule has 0 aromatic heterocycles. The van der Waals surface area contributed by atoms with Crippen molar-refractivity contribution >= 4 is 17.5 Å². The van der Waals surface area contributed by atoms with Crippen molar-refractivity contribution in [2.24, 2.45) is 0 Å². The van der Waals surface area contributed by atoms with E-state index >= 15 is 0 Å². The summed E-state index contributed by atoms with van der Waals surface area (Å²) in [4.78, 5) is 26.5. The van der Waals surface area contributed by atoms with Gasteiger partial charge in [-0.25, -0.2) is 0 Å². The molecule has 1 atom stereocenters. The van der Waals surface area contributed by atoms with E-state index in [2.05, 4.69) is 12.2 Å². The normalized spacial score (nSPS) is 17.1. The van der Waals surface area contributed by atoms with Gasteiger partial charge in [-0.2, -0.15) is 0 Å². The van der Waals surface area contributed by atoms with E-state index in [9.17, 15) is 9.59 Å². The summed E-state index contributed by atoms with van der Waals surface area (Å²) < 4.78 is 0. The molecule has 1 aliphatic heterocycles. The highest BCUT2D eigenvalue weighted by Crippen LogP contribution is 2.23. The van der Waals surface area contributed by atoms with Gasteiger partial charge < -0.3 is 10.2 Å². The summed E-state index contributed by atoms with van der Waals surface area (Å²) in [6.07, 6.45) is 1.97. The molecule has 0 aliphatic carbocycles. The minimum absolute atomic E-state index is 0.0420. The van der Waals surface area contributed by atoms with Crippen LogP contribution in [0.4, 0.5) is 5.69 Å². The maximum Gasteiger partial charge on any atom is 0.247 e. The molecular weight excluding hydrogens is 300 g/mol. The topological polar surface area (TPSA) is 49.4 Å². The lowest BCUT2D eigenvalue weighted by atomic mass is 10.1. The van der Waals surface area contributed by atoms with E-state index in [1.54, 1.807) is 4.90 Å². The Morgan fingerprint density at radius 1 is 1.08 bits per heavy atom. The number of likely N-dealkylation sites (tertiary alicyclic amines) is 1. The van der Waals surface area contributed by atoms with Gasteiger partial charge in [0.1, 0.15) is 6.04 Å². The van der Waals surface area contributed by atoms with Gasteiger partial charge in [0.2, 0.25) is 11.8 Å². The molecule has 0 saturated carbocycles. The van der Waals surface area contributed by atoms with Crippen molar-refractivity contribution in [3.63, 3.8) is 0 Å². The number of rotatable bonds is 5. The summed E-state index contributed by atoms with van der Waals surface area (Å²) in [5.74, 6) is -0.0682. The third-order valence-electron chi connectivity index (χ3n) is 4.46. The summed E-state index contributed by atoms with van der Waals surface area (Å²) in [7, 11) is 0. The molecule has 0 spiro atoms. The summed E-state index contributed by atoms with van der Waals surface area (Å²) in [6, 6.07) is 17.2. The number of hydrogen-bond acceptors (Lipinski definition) is 2. The molecule has 1 N–H and O–H groups in total. The third kappa shape index (κ3) is 3.65. The molecule has 1 heterocycles. The SMILES string of the molecule is CCc1ccc(NC(=O)C2CCC(=O)N2Cc2ccccc2)cc1. The summed E-state index contributed by atoms with van der Waals surface area (Å²) >= 11 is 0. The van der Waals surface area contributed by atoms with Crippen molar-refractivity contribution in [2.75, 3.05) is 5.32 Å². The number of carbonyl (C=O) groups is 2. The van der Waals surface area contributed by atoms with Crippen LogP contribution < -0.4 is 5.32 Å². The Morgan fingerprint density at radius 3 is 2.46 bits per heavy atom. The highest BCUT2D eigenvalue weighted by molar-refractivity contribution is 5.99. The second-order valence-corrected chi connectivity index (χ2v) is 6.10. The van der Waals surface area contributed by atoms with Gasteiger partial charge in [-0.3, -0.25) is 9.59 Å². The van der Waals surface area contributed by atoms with Crippen LogP contribution in [0.15, 0.2) is 54.6 Å². The van der Waals surface area contributed by atoms with E-state index in [4.69, 9.17) is 0 Å². The van der Waals surface area contributed by atoms with Crippen molar-refractivity contribution in [2.45, 2.75) is 38.8 Å². The molecule has 124 valence electrons. The number of nitrogens with zero attached hydrogens (tertiary/aromatic N) is 1. The molecule has 4 heteroatoms. The van der Waals surface area contributed by atoms with Crippen molar-refractivity contribution < 1.29 is 9.59 Å². The number of nitrogens with one attached hydrogen (secondary N) is 1. The minimum atomic E-state index is -0.399. The van der Waals surface area contributed by atoms with Gasteiger partial charge in [-0.15, -0.1) is 0 Å². The predicted octanol–water partition coefficient (Wildman–Crippen LogP) is 3.38. The average Bonchev–Trinajstić information content (AvgIpc) is 2.97. The molecule has 0 radical (unpaired) electrons. The van der Waals surface area contributed by atoms with E-state index in [0.717, 1.165) is 17.7 Å². The highest BCUT2D eigenvalue weighted by Gasteiger charge is 2.35. The summed E-state index contributed by atoms with van der Waals surface area (Å²) in [5, 5.41) is 2.94. The summed E-state index contributed by atoms with van der Waals surface area (Å²) in [6.45, 7) is 2.58. The Balaban J connectivity index is 1.69. The Kier molecular flexibility index (Phi) is 4.94. The van der Waals surface area contributed by atoms with Crippen LogP contribution >= 0.6 is 0 Å². The van der Waals surface area contributed by atoms with Gasteiger partial charge in [-0.05, 0) is 36.1 Å². The van der Waals surface area contributed by atoms with Crippen LogP contribution in [0, 0.1) is 0 Å². The second kappa shape index (κ2) is 7.30. The van der Waals surface area contributed by atoms with Gasteiger partial charge >= 0.3 is 0 Å². The third-order valence-corrected chi connectivity index (χ3v) is 4.46. The zero-order chi connectivity index (χ0) is 16.9. The number of aryl methyl sites for hydroxylation is 1. The molecule has 2 aromatic carbocycles. The number of hydrogen-bond donors (Lipinski definition) is 1. The standard InChI is InChI=1S/C20H22N2O2/c1-2-15-8-10-17(11-9-15)21-20(24)18-12-13-19(23)22(18)14-16-6-4-3-5-7-16/h3-11,18H,2,12-14H2,1H3,(H,21,24). The molecule has 0 bridgehead atoms. The minimum Gasteiger partial charge on any atom is -0.326 e. The first-order chi connectivity index (χ1) is 11.7. The molecule has 1 unspecified atom stereocenters. The predicted molar refractivity (Wildman–Crippen MR) is 94.5 cm³/mol. The van der Waals surface area contributed by atoms with Crippen LogP contribution in [0.3, 0.4) is 0 Å². The number of benzene rings is 2. The van der Waals surface area contributed by atoms with E-state index in [-0.39, 0.29) is 11.8 Å². The number of anilines is 1. The Bertz CT molecular complexity index is 710. The molecule has 4 nitrogen and oxygen atoms in total. The zero-order valence-electron chi connectivity index (χ0n) is 13.9. The van der Waals surface area contributed by atoms with E-state index in [1.807, 2.05) is 54.6 Å². The lowest BCUT2D eigenvalue weighted by Crippen LogP contribution is -2.41. The lowest BCUT2D eigenvalue weighted by molar-refractivity contribution is -0.133. The highest BCUT2D eigenvalue weighted by atomic mass is 16.2. The fourth-order valence-electron chi connectivity index (χ4n) is 3.03. The van der Waals surface area contributed by atoms with E-state index in [0.29, 0.717) is 19.4 Å². The molecule has 1 aliphatic rings. The smallest absolute Gasteiger partial charge is 0.247 e. The zero-order valence-corrected chi connectivity index (χ0v) is 13.9. The molecule has 3 rings (SSSR count). The molecule has 2 amide bonds.